The van der Waals surface area contributed by atoms with Crippen LogP contribution in [0.3, 0.4) is 0 Å². The van der Waals surface area contributed by atoms with Gasteiger partial charge in [-0.1, -0.05) is 12.1 Å². The summed E-state index contributed by atoms with van der Waals surface area (Å²) in [6.45, 7) is 1.25. The Kier molecular flexibility index (Phi) is 6.43. The van der Waals surface area contributed by atoms with E-state index in [1.54, 1.807) is 6.26 Å². The number of hydrogen-bond donors (Lipinski definition) is 1. The van der Waals surface area contributed by atoms with E-state index in [2.05, 4.69) is 34.0 Å². The second kappa shape index (κ2) is 8.56. The molecule has 6 heteroatoms. The monoisotopic (exact) mass is 409 g/mol. The Labute approximate surface area is 143 Å². The van der Waals surface area contributed by atoms with Crippen LogP contribution in [0.5, 0.6) is 0 Å². The fourth-order valence-corrected chi connectivity index (χ4v) is 2.52. The first-order valence-electron chi connectivity index (χ1n) is 6.85. The number of furan rings is 1. The third-order valence-electron chi connectivity index (χ3n) is 3.01. The van der Waals surface area contributed by atoms with Gasteiger partial charge in [0, 0.05) is 16.5 Å². The summed E-state index contributed by atoms with van der Waals surface area (Å²) in [7, 11) is 0. The van der Waals surface area contributed by atoms with Gasteiger partial charge in [-0.3, -0.25) is 9.69 Å². The molecule has 1 aromatic carbocycles. The number of halogens is 1. The Morgan fingerprint density at radius 1 is 1.32 bits per heavy atom. The molecule has 0 bridgehead atoms. The average Bonchev–Trinajstić information content (AvgIpc) is 3.00. The van der Waals surface area contributed by atoms with E-state index in [1.807, 2.05) is 41.3 Å². The number of benzene rings is 1. The Morgan fingerprint density at radius 3 is 2.82 bits per heavy atom. The molecule has 0 aliphatic heterocycles. The Balaban J connectivity index is 1.95. The van der Waals surface area contributed by atoms with E-state index in [4.69, 9.17) is 9.68 Å². The van der Waals surface area contributed by atoms with Crippen molar-refractivity contribution in [2.75, 3.05) is 18.4 Å². The fourth-order valence-electron chi connectivity index (χ4n) is 2.00. The minimum absolute atomic E-state index is 0.103. The molecule has 0 aliphatic rings. The van der Waals surface area contributed by atoms with Crippen molar-refractivity contribution in [2.24, 2.45) is 0 Å². The first-order valence-corrected chi connectivity index (χ1v) is 7.93. The zero-order valence-corrected chi connectivity index (χ0v) is 14.1. The van der Waals surface area contributed by atoms with Crippen molar-refractivity contribution < 1.29 is 9.21 Å². The molecule has 0 saturated carbocycles. The average molecular weight is 409 g/mol. The summed E-state index contributed by atoms with van der Waals surface area (Å²) < 4.78 is 6.29. The summed E-state index contributed by atoms with van der Waals surface area (Å²) in [5.41, 5.74) is 0.798. The van der Waals surface area contributed by atoms with Gasteiger partial charge in [-0.15, -0.1) is 0 Å². The Morgan fingerprint density at radius 2 is 2.14 bits per heavy atom. The molecule has 0 aliphatic carbocycles. The number of carbonyl (C=O) groups excluding carboxylic acids is 1. The molecular formula is C16H16IN3O2. The lowest BCUT2D eigenvalue weighted by Gasteiger charge is -2.19. The van der Waals surface area contributed by atoms with Gasteiger partial charge in [0.2, 0.25) is 5.91 Å². The summed E-state index contributed by atoms with van der Waals surface area (Å²) in [5.74, 6) is 0.675. The van der Waals surface area contributed by atoms with Crippen molar-refractivity contribution in [3.63, 3.8) is 0 Å². The quantitative estimate of drug-likeness (QED) is 0.713. The van der Waals surface area contributed by atoms with Gasteiger partial charge in [0.15, 0.2) is 0 Å². The maximum Gasteiger partial charge on any atom is 0.238 e. The normalized spacial score (nSPS) is 10.4. The third kappa shape index (κ3) is 5.16. The predicted octanol–water partition coefficient (Wildman–Crippen LogP) is 3.24. The second-order valence-corrected chi connectivity index (χ2v) is 5.89. The van der Waals surface area contributed by atoms with E-state index < -0.39 is 0 Å². The van der Waals surface area contributed by atoms with Crippen LogP contribution in [0.2, 0.25) is 0 Å². The molecule has 0 atom stereocenters. The van der Waals surface area contributed by atoms with E-state index in [9.17, 15) is 4.79 Å². The topological polar surface area (TPSA) is 69.3 Å². The fraction of sp³-hybridized carbons (Fsp3) is 0.250. The lowest BCUT2D eigenvalue weighted by molar-refractivity contribution is -0.117. The Hall–Kier alpha value is -1.85. The number of rotatable bonds is 7. The molecule has 1 amide bonds. The molecule has 1 aromatic heterocycles. The molecule has 0 unspecified atom stereocenters. The van der Waals surface area contributed by atoms with Crippen LogP contribution in [0.1, 0.15) is 12.2 Å². The smallest absolute Gasteiger partial charge is 0.238 e. The minimum atomic E-state index is -0.103. The highest BCUT2D eigenvalue weighted by molar-refractivity contribution is 14.1. The van der Waals surface area contributed by atoms with E-state index in [0.717, 1.165) is 15.0 Å². The molecule has 114 valence electrons. The largest absolute Gasteiger partial charge is 0.468 e. The van der Waals surface area contributed by atoms with Crippen LogP contribution in [-0.4, -0.2) is 23.9 Å². The molecule has 0 fully saturated rings. The predicted molar refractivity (Wildman–Crippen MR) is 92.0 cm³/mol. The maximum atomic E-state index is 12.2. The summed E-state index contributed by atoms with van der Waals surface area (Å²) in [6.07, 6.45) is 1.97. The van der Waals surface area contributed by atoms with E-state index >= 15 is 0 Å². The number of nitrogens with zero attached hydrogens (tertiary/aromatic N) is 2. The van der Waals surface area contributed by atoms with E-state index in [0.29, 0.717) is 19.5 Å². The molecule has 0 spiro atoms. The highest BCUT2D eigenvalue weighted by Crippen LogP contribution is 2.17. The zero-order chi connectivity index (χ0) is 15.8. The van der Waals surface area contributed by atoms with Gasteiger partial charge in [-0.25, -0.2) is 0 Å². The van der Waals surface area contributed by atoms with Crippen LogP contribution in [0, 0.1) is 14.9 Å². The van der Waals surface area contributed by atoms with Crippen LogP contribution in [0.15, 0.2) is 47.1 Å². The van der Waals surface area contributed by atoms with Gasteiger partial charge in [-0.2, -0.15) is 5.26 Å². The van der Waals surface area contributed by atoms with Gasteiger partial charge >= 0.3 is 0 Å². The molecule has 1 N–H and O–H groups in total. The molecule has 5 nitrogen and oxygen atoms in total. The van der Waals surface area contributed by atoms with Gasteiger partial charge in [0.1, 0.15) is 5.76 Å². The van der Waals surface area contributed by atoms with Gasteiger partial charge < -0.3 is 9.73 Å². The SMILES string of the molecule is N#CCCN(CC(=O)Nc1ccccc1I)Cc1ccco1. The molecule has 2 aromatic rings. The van der Waals surface area contributed by atoms with Crippen LogP contribution < -0.4 is 5.32 Å². The van der Waals surface area contributed by atoms with Crippen LogP contribution in [0.4, 0.5) is 5.69 Å². The maximum absolute atomic E-state index is 12.2. The Bertz CT molecular complexity index is 650. The number of nitriles is 1. The number of hydrogen-bond acceptors (Lipinski definition) is 4. The lowest BCUT2D eigenvalue weighted by Crippen LogP contribution is -2.33. The number of carbonyl (C=O) groups is 1. The molecule has 22 heavy (non-hydrogen) atoms. The van der Waals surface area contributed by atoms with E-state index in [-0.39, 0.29) is 12.5 Å². The van der Waals surface area contributed by atoms with Crippen LogP contribution in [0.25, 0.3) is 0 Å². The van der Waals surface area contributed by atoms with Gasteiger partial charge in [0.25, 0.3) is 0 Å². The summed E-state index contributed by atoms with van der Waals surface area (Å²) >= 11 is 2.18. The summed E-state index contributed by atoms with van der Waals surface area (Å²) in [5, 5.41) is 11.6. The van der Waals surface area contributed by atoms with Crippen molar-refractivity contribution in [2.45, 2.75) is 13.0 Å². The highest BCUT2D eigenvalue weighted by atomic mass is 127. The van der Waals surface area contributed by atoms with Crippen LogP contribution in [-0.2, 0) is 11.3 Å². The second-order valence-electron chi connectivity index (χ2n) is 4.73. The minimum Gasteiger partial charge on any atom is -0.468 e. The van der Waals surface area contributed by atoms with Crippen LogP contribution >= 0.6 is 22.6 Å². The molecule has 2 rings (SSSR count). The number of nitrogens with one attached hydrogen (secondary N) is 1. The van der Waals surface area contributed by atoms with Crippen molar-refractivity contribution in [3.05, 3.63) is 52.0 Å². The lowest BCUT2D eigenvalue weighted by atomic mass is 10.3. The van der Waals surface area contributed by atoms with Crippen molar-refractivity contribution >= 4 is 34.2 Å². The van der Waals surface area contributed by atoms with E-state index in [1.165, 1.54) is 0 Å². The number of anilines is 1. The summed E-state index contributed by atoms with van der Waals surface area (Å²) in [6, 6.07) is 13.4. The third-order valence-corrected chi connectivity index (χ3v) is 3.96. The summed E-state index contributed by atoms with van der Waals surface area (Å²) in [4.78, 5) is 14.1. The van der Waals surface area contributed by atoms with Gasteiger partial charge in [-0.05, 0) is 46.9 Å². The highest BCUT2D eigenvalue weighted by Gasteiger charge is 2.13. The molecule has 0 saturated heterocycles. The number of amides is 1. The molecule has 1 heterocycles. The molecule has 0 radical (unpaired) electrons. The molecular weight excluding hydrogens is 393 g/mol. The number of para-hydroxylation sites is 1. The van der Waals surface area contributed by atoms with Crippen molar-refractivity contribution in [1.29, 1.82) is 5.26 Å². The first kappa shape index (κ1) is 16.5. The standard InChI is InChI=1S/C16H16IN3O2/c17-14-6-1-2-7-15(14)19-16(21)12-20(9-4-8-18)11-13-5-3-10-22-13/h1-3,5-7,10H,4,9,11-12H2,(H,19,21). The van der Waals surface area contributed by atoms with Gasteiger partial charge in [0.05, 0.1) is 31.1 Å². The first-order chi connectivity index (χ1) is 10.7. The van der Waals surface area contributed by atoms with Crippen molar-refractivity contribution in [3.8, 4) is 6.07 Å². The van der Waals surface area contributed by atoms with Crippen molar-refractivity contribution in [1.82, 2.24) is 4.90 Å². The zero-order valence-electron chi connectivity index (χ0n) is 12.0.